The molecule has 1 rings (SSSR count). The first-order valence-electron chi connectivity index (χ1n) is 5.24. The van der Waals surface area contributed by atoms with E-state index in [-0.39, 0.29) is 17.0 Å². The van der Waals surface area contributed by atoms with E-state index in [0.29, 0.717) is 6.42 Å². The van der Waals surface area contributed by atoms with Crippen molar-refractivity contribution in [2.45, 2.75) is 59.0 Å². The van der Waals surface area contributed by atoms with Gasteiger partial charge in [-0.15, -0.1) is 0 Å². The van der Waals surface area contributed by atoms with Crippen molar-refractivity contribution in [1.29, 1.82) is 0 Å². The first-order valence-corrected chi connectivity index (χ1v) is 5.24. The number of hydrazine groups is 1. The summed E-state index contributed by atoms with van der Waals surface area (Å²) in [5.74, 6) is 0.243. The summed E-state index contributed by atoms with van der Waals surface area (Å²) in [6, 6.07) is 0. The molecular weight excluding hydrogens is 176 g/mol. The molecule has 3 nitrogen and oxygen atoms in total. The van der Waals surface area contributed by atoms with Gasteiger partial charge < -0.3 is 0 Å². The third kappa shape index (κ3) is 2.08. The normalized spacial score (nSPS) is 20.7. The molecule has 1 aliphatic heterocycles. The Morgan fingerprint density at radius 2 is 1.50 bits per heavy atom. The van der Waals surface area contributed by atoms with E-state index in [1.54, 1.807) is 0 Å². The van der Waals surface area contributed by atoms with Crippen molar-refractivity contribution in [2.75, 3.05) is 6.54 Å². The lowest BCUT2D eigenvalue weighted by atomic mass is 10.1. The molecule has 1 heterocycles. The SMILES string of the molecule is CC(C)(C)N1CCC(=O)N1C(C)(C)C. The predicted octanol–water partition coefficient (Wildman–Crippen LogP) is 2.03. The molecule has 0 aliphatic carbocycles. The van der Waals surface area contributed by atoms with Crippen LogP contribution in [0.1, 0.15) is 48.0 Å². The average molecular weight is 198 g/mol. The van der Waals surface area contributed by atoms with E-state index in [4.69, 9.17) is 0 Å². The first kappa shape index (κ1) is 11.5. The van der Waals surface area contributed by atoms with Crippen LogP contribution in [-0.4, -0.2) is 33.5 Å². The Hall–Kier alpha value is -0.570. The smallest absolute Gasteiger partial charge is 0.238 e. The second kappa shape index (κ2) is 3.23. The fourth-order valence-corrected chi connectivity index (χ4v) is 1.91. The molecule has 1 fully saturated rings. The largest absolute Gasteiger partial charge is 0.273 e. The molecule has 14 heavy (non-hydrogen) atoms. The molecule has 0 unspecified atom stereocenters. The van der Waals surface area contributed by atoms with Crippen molar-refractivity contribution in [3.05, 3.63) is 0 Å². The standard InChI is InChI=1S/C11H22N2O/c1-10(2,3)12-8-7-9(14)13(12)11(4,5)6/h7-8H2,1-6H3. The molecule has 3 heteroatoms. The summed E-state index contributed by atoms with van der Waals surface area (Å²) in [4.78, 5) is 11.8. The van der Waals surface area contributed by atoms with E-state index in [2.05, 4.69) is 46.6 Å². The zero-order valence-corrected chi connectivity index (χ0v) is 10.2. The summed E-state index contributed by atoms with van der Waals surface area (Å²) in [6.07, 6.45) is 0.647. The summed E-state index contributed by atoms with van der Waals surface area (Å²) in [6.45, 7) is 13.5. The molecule has 0 spiro atoms. The quantitative estimate of drug-likeness (QED) is 0.594. The lowest BCUT2D eigenvalue weighted by Crippen LogP contribution is -2.57. The monoisotopic (exact) mass is 198 g/mol. The molecule has 0 saturated carbocycles. The molecule has 82 valence electrons. The topological polar surface area (TPSA) is 23.6 Å². The molecule has 0 aromatic rings. The minimum Gasteiger partial charge on any atom is -0.273 e. The summed E-state index contributed by atoms with van der Waals surface area (Å²) in [5.41, 5.74) is -0.0830. The van der Waals surface area contributed by atoms with Gasteiger partial charge in [-0.2, -0.15) is 0 Å². The Morgan fingerprint density at radius 1 is 1.00 bits per heavy atom. The molecule has 1 aliphatic rings. The van der Waals surface area contributed by atoms with Crippen molar-refractivity contribution >= 4 is 5.91 Å². The molecule has 1 saturated heterocycles. The molecule has 0 N–H and O–H groups in total. The Bertz CT molecular complexity index is 235. The highest BCUT2D eigenvalue weighted by atomic mass is 16.2. The summed E-state index contributed by atoms with van der Waals surface area (Å²) < 4.78 is 0. The summed E-state index contributed by atoms with van der Waals surface area (Å²) in [7, 11) is 0. The van der Waals surface area contributed by atoms with Gasteiger partial charge in [0.2, 0.25) is 5.91 Å². The van der Waals surface area contributed by atoms with Crippen LogP contribution < -0.4 is 0 Å². The summed E-state index contributed by atoms with van der Waals surface area (Å²) in [5, 5.41) is 4.09. The van der Waals surface area contributed by atoms with Gasteiger partial charge in [-0.3, -0.25) is 9.80 Å². The summed E-state index contributed by atoms with van der Waals surface area (Å²) >= 11 is 0. The maximum atomic E-state index is 11.8. The van der Waals surface area contributed by atoms with Gasteiger partial charge in [-0.1, -0.05) is 0 Å². The fraction of sp³-hybridized carbons (Fsp3) is 0.909. The second-order valence-electron chi connectivity index (χ2n) is 5.92. The second-order valence-corrected chi connectivity index (χ2v) is 5.92. The van der Waals surface area contributed by atoms with Crippen molar-refractivity contribution in [2.24, 2.45) is 0 Å². The van der Waals surface area contributed by atoms with Crippen molar-refractivity contribution in [3.63, 3.8) is 0 Å². The Kier molecular flexibility index (Phi) is 2.65. The molecule has 0 atom stereocenters. The molecule has 0 aromatic heterocycles. The van der Waals surface area contributed by atoms with Crippen molar-refractivity contribution in [1.82, 2.24) is 10.0 Å². The number of nitrogens with zero attached hydrogens (tertiary/aromatic N) is 2. The zero-order valence-electron chi connectivity index (χ0n) is 10.2. The third-order valence-corrected chi connectivity index (χ3v) is 2.42. The van der Waals surface area contributed by atoms with Crippen LogP contribution in [0, 0.1) is 0 Å². The van der Waals surface area contributed by atoms with Gasteiger partial charge in [-0.25, -0.2) is 5.01 Å². The Labute approximate surface area is 87.0 Å². The van der Waals surface area contributed by atoms with Crippen molar-refractivity contribution in [3.8, 4) is 0 Å². The van der Waals surface area contributed by atoms with E-state index in [1.807, 2.05) is 5.01 Å². The number of carbonyl (C=O) groups is 1. The van der Waals surface area contributed by atoms with E-state index in [0.717, 1.165) is 6.54 Å². The predicted molar refractivity (Wildman–Crippen MR) is 57.7 cm³/mol. The number of rotatable bonds is 0. The van der Waals surface area contributed by atoms with Crippen molar-refractivity contribution < 1.29 is 4.79 Å². The van der Waals surface area contributed by atoms with E-state index < -0.39 is 0 Å². The van der Waals surface area contributed by atoms with E-state index >= 15 is 0 Å². The van der Waals surface area contributed by atoms with Crippen LogP contribution in [0.2, 0.25) is 0 Å². The lowest BCUT2D eigenvalue weighted by molar-refractivity contribution is -0.159. The molecular formula is C11H22N2O. The molecule has 0 radical (unpaired) electrons. The molecule has 0 bridgehead atoms. The van der Waals surface area contributed by atoms with Gasteiger partial charge in [0.1, 0.15) is 0 Å². The van der Waals surface area contributed by atoms with Crippen LogP contribution in [0.25, 0.3) is 0 Å². The molecule has 0 aromatic carbocycles. The highest BCUT2D eigenvalue weighted by molar-refractivity contribution is 5.78. The van der Waals surface area contributed by atoms with Gasteiger partial charge in [0.15, 0.2) is 0 Å². The Morgan fingerprint density at radius 3 is 1.79 bits per heavy atom. The lowest BCUT2D eigenvalue weighted by Gasteiger charge is -2.45. The number of carbonyl (C=O) groups excluding carboxylic acids is 1. The van der Waals surface area contributed by atoms with Gasteiger partial charge in [-0.05, 0) is 41.5 Å². The van der Waals surface area contributed by atoms with E-state index in [9.17, 15) is 4.79 Å². The maximum Gasteiger partial charge on any atom is 0.238 e. The Balaban J connectivity index is 2.94. The number of hydrogen-bond acceptors (Lipinski definition) is 2. The molecule has 1 amide bonds. The third-order valence-electron chi connectivity index (χ3n) is 2.42. The first-order chi connectivity index (χ1) is 6.14. The minimum absolute atomic E-state index is 0.0272. The fourth-order valence-electron chi connectivity index (χ4n) is 1.91. The van der Waals surface area contributed by atoms with Crippen LogP contribution in [0.5, 0.6) is 0 Å². The highest BCUT2D eigenvalue weighted by Crippen LogP contribution is 2.29. The van der Waals surface area contributed by atoms with Crippen LogP contribution in [-0.2, 0) is 4.79 Å². The number of hydrogen-bond donors (Lipinski definition) is 0. The van der Waals surface area contributed by atoms with Crippen LogP contribution in [0.15, 0.2) is 0 Å². The highest BCUT2D eigenvalue weighted by Gasteiger charge is 2.41. The maximum absolute atomic E-state index is 11.8. The average Bonchev–Trinajstić information content (AvgIpc) is 2.27. The van der Waals surface area contributed by atoms with Crippen LogP contribution in [0.3, 0.4) is 0 Å². The van der Waals surface area contributed by atoms with Gasteiger partial charge in [0, 0.05) is 18.5 Å². The van der Waals surface area contributed by atoms with Gasteiger partial charge in [0.25, 0.3) is 0 Å². The van der Waals surface area contributed by atoms with Crippen LogP contribution in [0.4, 0.5) is 0 Å². The van der Waals surface area contributed by atoms with Gasteiger partial charge in [0.05, 0.1) is 5.54 Å². The van der Waals surface area contributed by atoms with E-state index in [1.165, 1.54) is 0 Å². The van der Waals surface area contributed by atoms with Gasteiger partial charge >= 0.3 is 0 Å². The zero-order chi connectivity index (χ0) is 11.1. The van der Waals surface area contributed by atoms with Crippen LogP contribution >= 0.6 is 0 Å². The minimum atomic E-state index is -0.110. The number of amides is 1.